The molecule has 1 N–H and O–H groups in total. The van der Waals surface area contributed by atoms with Gasteiger partial charge in [0.1, 0.15) is 0 Å². The number of amides is 1. The Bertz CT molecular complexity index is 434. The molecular formula is C13H15NO3. The van der Waals surface area contributed by atoms with Gasteiger partial charge in [-0.25, -0.2) is 4.79 Å². The van der Waals surface area contributed by atoms with Crippen LogP contribution in [0, 0.1) is 0 Å². The maximum absolute atomic E-state index is 11.8. The van der Waals surface area contributed by atoms with E-state index in [1.54, 1.807) is 36.2 Å². The fourth-order valence-electron chi connectivity index (χ4n) is 1.27. The quantitative estimate of drug-likeness (QED) is 0.808. The zero-order valence-corrected chi connectivity index (χ0v) is 9.88. The summed E-state index contributed by atoms with van der Waals surface area (Å²) in [6.07, 6.45) is 2.55. The van der Waals surface area contributed by atoms with Crippen molar-refractivity contribution in [1.29, 1.82) is 0 Å². The smallest absolute Gasteiger partial charge is 0.328 e. The molecule has 0 saturated carbocycles. The molecule has 0 aliphatic rings. The summed E-state index contributed by atoms with van der Waals surface area (Å²) in [6, 6.07) is 6.82. The molecule has 4 heteroatoms. The van der Waals surface area contributed by atoms with Crippen LogP contribution >= 0.6 is 0 Å². The summed E-state index contributed by atoms with van der Waals surface area (Å²) < 4.78 is 0. The van der Waals surface area contributed by atoms with Crippen molar-refractivity contribution >= 4 is 18.0 Å². The van der Waals surface area contributed by atoms with Crippen LogP contribution in [-0.2, 0) is 4.79 Å². The van der Waals surface area contributed by atoms with E-state index in [1.165, 1.54) is 6.08 Å². The van der Waals surface area contributed by atoms with Gasteiger partial charge in [-0.05, 0) is 30.7 Å². The van der Waals surface area contributed by atoms with E-state index in [1.807, 2.05) is 6.92 Å². The van der Waals surface area contributed by atoms with Crippen LogP contribution in [0.2, 0.25) is 0 Å². The lowest BCUT2D eigenvalue weighted by molar-refractivity contribution is -0.131. The second kappa shape index (κ2) is 5.84. The van der Waals surface area contributed by atoms with Gasteiger partial charge in [0, 0.05) is 25.2 Å². The number of carboxylic acid groups (broad SMARTS) is 1. The first-order valence-corrected chi connectivity index (χ1v) is 5.31. The molecule has 0 saturated heterocycles. The van der Waals surface area contributed by atoms with E-state index in [0.29, 0.717) is 12.1 Å². The van der Waals surface area contributed by atoms with Gasteiger partial charge in [-0.3, -0.25) is 4.79 Å². The molecule has 0 aliphatic heterocycles. The first kappa shape index (κ1) is 13.0. The maximum Gasteiger partial charge on any atom is 0.328 e. The molecule has 4 nitrogen and oxygen atoms in total. The third kappa shape index (κ3) is 3.75. The minimum absolute atomic E-state index is 0.0405. The Balaban J connectivity index is 2.81. The van der Waals surface area contributed by atoms with Crippen LogP contribution in [0.5, 0.6) is 0 Å². The molecule has 0 bridgehead atoms. The molecule has 0 spiro atoms. The zero-order valence-electron chi connectivity index (χ0n) is 9.88. The molecule has 0 aromatic heterocycles. The van der Waals surface area contributed by atoms with Crippen molar-refractivity contribution in [2.45, 2.75) is 6.92 Å². The summed E-state index contributed by atoms with van der Waals surface area (Å²) in [5.41, 5.74) is 1.35. The Hall–Kier alpha value is -2.10. The van der Waals surface area contributed by atoms with Crippen molar-refractivity contribution in [2.24, 2.45) is 0 Å². The Morgan fingerprint density at radius 3 is 2.35 bits per heavy atom. The van der Waals surface area contributed by atoms with Gasteiger partial charge >= 0.3 is 5.97 Å². The lowest BCUT2D eigenvalue weighted by atomic mass is 10.1. The van der Waals surface area contributed by atoms with Crippen LogP contribution < -0.4 is 0 Å². The molecule has 0 fully saturated rings. The van der Waals surface area contributed by atoms with Crippen molar-refractivity contribution in [2.75, 3.05) is 13.6 Å². The molecule has 0 unspecified atom stereocenters. The Labute approximate surface area is 100 Å². The Morgan fingerprint density at radius 1 is 1.29 bits per heavy atom. The van der Waals surface area contributed by atoms with Crippen molar-refractivity contribution in [1.82, 2.24) is 4.90 Å². The van der Waals surface area contributed by atoms with Crippen LogP contribution in [0.1, 0.15) is 22.8 Å². The van der Waals surface area contributed by atoms with E-state index in [2.05, 4.69) is 0 Å². The molecule has 0 atom stereocenters. The minimum Gasteiger partial charge on any atom is -0.478 e. The zero-order chi connectivity index (χ0) is 12.8. The molecule has 1 amide bonds. The van der Waals surface area contributed by atoms with Crippen LogP contribution in [0.25, 0.3) is 6.08 Å². The summed E-state index contributed by atoms with van der Waals surface area (Å²) >= 11 is 0. The number of hydrogen-bond acceptors (Lipinski definition) is 2. The van der Waals surface area contributed by atoms with Crippen LogP contribution in [-0.4, -0.2) is 35.5 Å². The number of hydrogen-bond donors (Lipinski definition) is 1. The van der Waals surface area contributed by atoms with Gasteiger partial charge in [-0.2, -0.15) is 0 Å². The molecule has 1 aromatic carbocycles. The highest BCUT2D eigenvalue weighted by atomic mass is 16.4. The molecular weight excluding hydrogens is 218 g/mol. The van der Waals surface area contributed by atoms with Crippen molar-refractivity contribution in [3.8, 4) is 0 Å². The number of carbonyl (C=O) groups is 2. The third-order valence-electron chi connectivity index (χ3n) is 2.40. The Kier molecular flexibility index (Phi) is 4.46. The number of rotatable bonds is 4. The number of aliphatic carboxylic acids is 1. The summed E-state index contributed by atoms with van der Waals surface area (Å²) in [5.74, 6) is -1.03. The van der Waals surface area contributed by atoms with Crippen molar-refractivity contribution in [3.05, 3.63) is 41.5 Å². The van der Waals surface area contributed by atoms with Crippen molar-refractivity contribution < 1.29 is 14.7 Å². The molecule has 0 aliphatic carbocycles. The van der Waals surface area contributed by atoms with Gasteiger partial charge in [-0.15, -0.1) is 0 Å². The highest BCUT2D eigenvalue weighted by Gasteiger charge is 2.08. The van der Waals surface area contributed by atoms with Gasteiger partial charge in [0.25, 0.3) is 5.91 Å². The highest BCUT2D eigenvalue weighted by Crippen LogP contribution is 2.08. The normalized spacial score (nSPS) is 10.5. The standard InChI is InChI=1S/C13H15NO3/c1-3-14(2)13(17)11-7-4-10(5-8-11)6-9-12(15)16/h4-9H,3H2,1-2H3,(H,15,16). The lowest BCUT2D eigenvalue weighted by Crippen LogP contribution is -2.26. The first-order chi connectivity index (χ1) is 8.04. The van der Waals surface area contributed by atoms with Gasteiger partial charge in [0.2, 0.25) is 0 Å². The van der Waals surface area contributed by atoms with Crippen molar-refractivity contribution in [3.63, 3.8) is 0 Å². The maximum atomic E-state index is 11.8. The highest BCUT2D eigenvalue weighted by molar-refractivity contribution is 5.94. The topological polar surface area (TPSA) is 57.6 Å². The number of nitrogens with zero attached hydrogens (tertiary/aromatic N) is 1. The molecule has 17 heavy (non-hydrogen) atoms. The van der Waals surface area contributed by atoms with Gasteiger partial charge in [-0.1, -0.05) is 12.1 Å². The summed E-state index contributed by atoms with van der Waals surface area (Å²) in [4.78, 5) is 23.7. The fraction of sp³-hybridized carbons (Fsp3) is 0.231. The second-order valence-electron chi connectivity index (χ2n) is 3.61. The predicted molar refractivity (Wildman–Crippen MR) is 65.7 cm³/mol. The predicted octanol–water partition coefficient (Wildman–Crippen LogP) is 1.88. The van der Waals surface area contributed by atoms with Gasteiger partial charge < -0.3 is 10.0 Å². The van der Waals surface area contributed by atoms with E-state index in [4.69, 9.17) is 5.11 Å². The van der Waals surface area contributed by atoms with Crippen LogP contribution in [0.15, 0.2) is 30.3 Å². The SMILES string of the molecule is CCN(C)C(=O)c1ccc(C=CC(=O)O)cc1. The lowest BCUT2D eigenvalue weighted by Gasteiger charge is -2.14. The molecule has 90 valence electrons. The van der Waals surface area contributed by atoms with Crippen LogP contribution in [0.3, 0.4) is 0 Å². The third-order valence-corrected chi connectivity index (χ3v) is 2.40. The van der Waals surface area contributed by atoms with E-state index < -0.39 is 5.97 Å². The van der Waals surface area contributed by atoms with Gasteiger partial charge in [0.05, 0.1) is 0 Å². The molecule has 1 rings (SSSR count). The van der Waals surface area contributed by atoms with E-state index in [9.17, 15) is 9.59 Å². The summed E-state index contributed by atoms with van der Waals surface area (Å²) in [5, 5.41) is 8.47. The van der Waals surface area contributed by atoms with Crippen LogP contribution in [0.4, 0.5) is 0 Å². The minimum atomic E-state index is -0.990. The Morgan fingerprint density at radius 2 is 1.88 bits per heavy atom. The largest absolute Gasteiger partial charge is 0.478 e. The molecule has 1 aromatic rings. The van der Waals surface area contributed by atoms with E-state index in [0.717, 1.165) is 11.6 Å². The number of benzene rings is 1. The average Bonchev–Trinajstić information content (AvgIpc) is 2.35. The van der Waals surface area contributed by atoms with E-state index in [-0.39, 0.29) is 5.91 Å². The average molecular weight is 233 g/mol. The first-order valence-electron chi connectivity index (χ1n) is 5.31. The monoisotopic (exact) mass is 233 g/mol. The summed E-state index contributed by atoms with van der Waals surface area (Å²) in [7, 11) is 1.74. The summed E-state index contributed by atoms with van der Waals surface area (Å²) in [6.45, 7) is 2.56. The molecule has 0 heterocycles. The number of carbonyl (C=O) groups excluding carboxylic acids is 1. The van der Waals surface area contributed by atoms with Gasteiger partial charge in [0.15, 0.2) is 0 Å². The number of carboxylic acids is 1. The molecule has 0 radical (unpaired) electrons. The van der Waals surface area contributed by atoms with E-state index >= 15 is 0 Å². The fourth-order valence-corrected chi connectivity index (χ4v) is 1.27. The second-order valence-corrected chi connectivity index (χ2v) is 3.61.